The number of benzene rings is 3. The van der Waals surface area contributed by atoms with Crippen molar-refractivity contribution in [3.05, 3.63) is 113 Å². The SMILES string of the molecule is O=C(C=Cc1ccccc1Cl)NC(=S)N1CCN(C(c2ccccc2)c2ccccc2)CC1. The van der Waals surface area contributed by atoms with Gasteiger partial charge in [-0.05, 0) is 41.1 Å². The van der Waals surface area contributed by atoms with Crippen molar-refractivity contribution in [2.24, 2.45) is 0 Å². The van der Waals surface area contributed by atoms with Crippen molar-refractivity contribution in [2.45, 2.75) is 6.04 Å². The minimum atomic E-state index is -0.256. The lowest BCUT2D eigenvalue weighted by molar-refractivity contribution is -0.115. The summed E-state index contributed by atoms with van der Waals surface area (Å²) >= 11 is 11.7. The predicted molar refractivity (Wildman–Crippen MR) is 139 cm³/mol. The molecular weight excluding hydrogens is 450 g/mol. The Balaban J connectivity index is 1.37. The summed E-state index contributed by atoms with van der Waals surface area (Å²) < 4.78 is 0. The molecule has 0 aromatic heterocycles. The third-order valence-corrected chi connectivity index (χ3v) is 6.45. The second kappa shape index (κ2) is 11.2. The van der Waals surface area contributed by atoms with E-state index in [-0.39, 0.29) is 11.9 Å². The third kappa shape index (κ3) is 6.08. The van der Waals surface area contributed by atoms with Gasteiger partial charge in [0, 0.05) is 37.3 Å². The molecule has 0 aliphatic carbocycles. The van der Waals surface area contributed by atoms with E-state index in [0.29, 0.717) is 10.1 Å². The van der Waals surface area contributed by atoms with Gasteiger partial charge in [-0.15, -0.1) is 0 Å². The number of nitrogens with zero attached hydrogens (tertiary/aromatic N) is 2. The van der Waals surface area contributed by atoms with Crippen molar-refractivity contribution in [3.63, 3.8) is 0 Å². The van der Waals surface area contributed by atoms with Crippen LogP contribution in [0.25, 0.3) is 6.08 Å². The molecule has 0 atom stereocenters. The molecular formula is C27H26ClN3OS. The van der Waals surface area contributed by atoms with Gasteiger partial charge in [0.2, 0.25) is 5.91 Å². The summed E-state index contributed by atoms with van der Waals surface area (Å²) in [4.78, 5) is 16.9. The van der Waals surface area contributed by atoms with E-state index in [1.165, 1.54) is 17.2 Å². The summed E-state index contributed by atoms with van der Waals surface area (Å²) in [5.41, 5.74) is 3.34. The van der Waals surface area contributed by atoms with Crippen LogP contribution in [-0.4, -0.2) is 47.0 Å². The number of hydrogen-bond acceptors (Lipinski definition) is 3. The monoisotopic (exact) mass is 475 g/mol. The first-order valence-corrected chi connectivity index (χ1v) is 11.8. The van der Waals surface area contributed by atoms with Gasteiger partial charge in [-0.2, -0.15) is 0 Å². The van der Waals surface area contributed by atoms with E-state index in [4.69, 9.17) is 23.8 Å². The lowest BCUT2D eigenvalue weighted by Gasteiger charge is -2.40. The van der Waals surface area contributed by atoms with E-state index in [0.717, 1.165) is 31.7 Å². The van der Waals surface area contributed by atoms with Crippen LogP contribution in [0.1, 0.15) is 22.7 Å². The van der Waals surface area contributed by atoms with Gasteiger partial charge in [-0.3, -0.25) is 15.0 Å². The molecule has 1 aliphatic heterocycles. The fourth-order valence-electron chi connectivity index (χ4n) is 4.07. The molecule has 0 bridgehead atoms. The molecule has 1 saturated heterocycles. The highest BCUT2D eigenvalue weighted by Crippen LogP contribution is 2.29. The van der Waals surface area contributed by atoms with Gasteiger partial charge in [-0.25, -0.2) is 0 Å². The zero-order chi connectivity index (χ0) is 23.0. The van der Waals surface area contributed by atoms with Crippen LogP contribution in [0.3, 0.4) is 0 Å². The molecule has 0 radical (unpaired) electrons. The van der Waals surface area contributed by atoms with E-state index >= 15 is 0 Å². The Bertz CT molecular complexity index is 1070. The van der Waals surface area contributed by atoms with Crippen molar-refractivity contribution in [1.29, 1.82) is 0 Å². The lowest BCUT2D eigenvalue weighted by Crippen LogP contribution is -2.53. The minimum Gasteiger partial charge on any atom is -0.346 e. The summed E-state index contributed by atoms with van der Waals surface area (Å²) in [6.07, 6.45) is 3.16. The molecule has 1 fully saturated rings. The molecule has 4 rings (SSSR count). The second-order valence-corrected chi connectivity index (χ2v) is 8.69. The maximum atomic E-state index is 12.4. The number of thiocarbonyl (C=S) groups is 1. The van der Waals surface area contributed by atoms with Gasteiger partial charge in [0.1, 0.15) is 0 Å². The molecule has 0 spiro atoms. The van der Waals surface area contributed by atoms with Gasteiger partial charge < -0.3 is 4.90 Å². The van der Waals surface area contributed by atoms with Crippen LogP contribution in [0.4, 0.5) is 0 Å². The number of rotatable bonds is 5. The van der Waals surface area contributed by atoms with E-state index < -0.39 is 0 Å². The molecule has 1 N–H and O–H groups in total. The Kier molecular flexibility index (Phi) is 7.89. The summed E-state index contributed by atoms with van der Waals surface area (Å²) in [5.74, 6) is -0.256. The minimum absolute atomic E-state index is 0.191. The van der Waals surface area contributed by atoms with Gasteiger partial charge in [0.05, 0.1) is 6.04 Å². The van der Waals surface area contributed by atoms with Crippen LogP contribution in [0, 0.1) is 0 Å². The molecule has 1 heterocycles. The summed E-state index contributed by atoms with van der Waals surface area (Å²) in [6.45, 7) is 3.20. The van der Waals surface area contributed by atoms with E-state index in [9.17, 15) is 4.79 Å². The summed E-state index contributed by atoms with van der Waals surface area (Å²) in [5, 5.41) is 3.88. The van der Waals surface area contributed by atoms with Crippen molar-refractivity contribution >= 4 is 40.9 Å². The van der Waals surface area contributed by atoms with Crippen LogP contribution in [-0.2, 0) is 4.79 Å². The van der Waals surface area contributed by atoms with Crippen molar-refractivity contribution in [1.82, 2.24) is 15.1 Å². The maximum absolute atomic E-state index is 12.4. The highest BCUT2D eigenvalue weighted by Gasteiger charge is 2.27. The van der Waals surface area contributed by atoms with Crippen molar-refractivity contribution < 1.29 is 4.79 Å². The molecule has 6 heteroatoms. The Labute approximate surface area is 205 Å². The Morgan fingerprint density at radius 2 is 1.39 bits per heavy atom. The fourth-order valence-corrected chi connectivity index (χ4v) is 4.55. The zero-order valence-corrected chi connectivity index (χ0v) is 19.8. The summed E-state index contributed by atoms with van der Waals surface area (Å²) in [6, 6.07) is 28.7. The largest absolute Gasteiger partial charge is 0.346 e. The Hall–Kier alpha value is -2.99. The number of hydrogen-bond donors (Lipinski definition) is 1. The molecule has 0 saturated carbocycles. The van der Waals surface area contributed by atoms with Crippen LogP contribution < -0.4 is 5.32 Å². The van der Waals surface area contributed by atoms with Crippen molar-refractivity contribution in [3.8, 4) is 0 Å². The molecule has 3 aromatic carbocycles. The molecule has 33 heavy (non-hydrogen) atoms. The van der Waals surface area contributed by atoms with E-state index in [1.807, 2.05) is 30.3 Å². The lowest BCUT2D eigenvalue weighted by atomic mass is 9.96. The number of nitrogens with one attached hydrogen (secondary N) is 1. The number of amides is 1. The maximum Gasteiger partial charge on any atom is 0.250 e. The summed E-state index contributed by atoms with van der Waals surface area (Å²) in [7, 11) is 0. The first-order chi connectivity index (χ1) is 16.1. The van der Waals surface area contributed by atoms with E-state index in [2.05, 4.69) is 63.6 Å². The Morgan fingerprint density at radius 3 is 1.97 bits per heavy atom. The number of piperazine rings is 1. The van der Waals surface area contributed by atoms with Crippen LogP contribution in [0.5, 0.6) is 0 Å². The zero-order valence-electron chi connectivity index (χ0n) is 18.2. The number of carbonyl (C=O) groups excluding carboxylic acids is 1. The topological polar surface area (TPSA) is 35.6 Å². The molecule has 168 valence electrons. The van der Waals surface area contributed by atoms with Crippen molar-refractivity contribution in [2.75, 3.05) is 26.2 Å². The third-order valence-electron chi connectivity index (χ3n) is 5.75. The standard InChI is InChI=1S/C27H26ClN3OS/c28-24-14-8-7-9-21(24)15-16-25(32)29-27(33)31-19-17-30(18-20-31)26(22-10-3-1-4-11-22)23-12-5-2-6-13-23/h1-16,26H,17-20H2,(H,29,32,33). The van der Waals surface area contributed by atoms with Crippen LogP contribution in [0.15, 0.2) is 91.0 Å². The molecule has 1 aliphatic rings. The van der Waals surface area contributed by atoms with Gasteiger partial charge in [-0.1, -0.05) is 90.5 Å². The first-order valence-electron chi connectivity index (χ1n) is 11.0. The Morgan fingerprint density at radius 1 is 0.848 bits per heavy atom. The number of carbonyl (C=O) groups is 1. The van der Waals surface area contributed by atoms with E-state index in [1.54, 1.807) is 12.1 Å². The quantitative estimate of drug-likeness (QED) is 0.408. The molecule has 4 nitrogen and oxygen atoms in total. The molecule has 1 amide bonds. The molecule has 0 unspecified atom stereocenters. The van der Waals surface area contributed by atoms with Crippen LogP contribution >= 0.6 is 23.8 Å². The average molecular weight is 476 g/mol. The normalized spacial score (nSPS) is 14.5. The molecule has 3 aromatic rings. The second-order valence-electron chi connectivity index (χ2n) is 7.90. The number of halogens is 1. The van der Waals surface area contributed by atoms with Gasteiger partial charge in [0.15, 0.2) is 5.11 Å². The first kappa shape index (κ1) is 23.2. The highest BCUT2D eigenvalue weighted by molar-refractivity contribution is 7.80. The average Bonchev–Trinajstić information content (AvgIpc) is 2.85. The predicted octanol–water partition coefficient (Wildman–Crippen LogP) is 5.16. The fraction of sp³-hybridized carbons (Fsp3) is 0.185. The van der Waals surface area contributed by atoms with Gasteiger partial charge in [0.25, 0.3) is 0 Å². The highest BCUT2D eigenvalue weighted by atomic mass is 35.5. The smallest absolute Gasteiger partial charge is 0.250 e. The van der Waals surface area contributed by atoms with Crippen LogP contribution in [0.2, 0.25) is 5.02 Å². The van der Waals surface area contributed by atoms with Gasteiger partial charge >= 0.3 is 0 Å².